The molecule has 0 bridgehead atoms. The predicted molar refractivity (Wildman–Crippen MR) is 88.2 cm³/mol. The fourth-order valence-corrected chi connectivity index (χ4v) is 3.37. The highest BCUT2D eigenvalue weighted by atomic mass is 35.5. The molecule has 0 radical (unpaired) electrons. The summed E-state index contributed by atoms with van der Waals surface area (Å²) in [5, 5.41) is 6.35. The number of hydrogen-bond acceptors (Lipinski definition) is 4. The molecule has 1 aromatic carbocycles. The number of halogens is 1. The van der Waals surface area contributed by atoms with Gasteiger partial charge < -0.3 is 9.73 Å². The van der Waals surface area contributed by atoms with Crippen LogP contribution in [0.2, 0.25) is 5.02 Å². The molecular formula is C16H17ClN2OS. The number of aryl methyl sites for hydroxylation is 1. The van der Waals surface area contributed by atoms with E-state index < -0.39 is 0 Å². The highest BCUT2D eigenvalue weighted by Gasteiger charge is 2.20. The Morgan fingerprint density at radius 2 is 2.24 bits per heavy atom. The van der Waals surface area contributed by atoms with Crippen LogP contribution in [-0.2, 0) is 0 Å². The third kappa shape index (κ3) is 3.12. The second-order valence-corrected chi connectivity index (χ2v) is 6.70. The highest BCUT2D eigenvalue weighted by molar-refractivity contribution is 7.11. The number of nitrogens with zero attached hydrogens (tertiary/aromatic N) is 1. The molecule has 21 heavy (non-hydrogen) atoms. The molecule has 1 unspecified atom stereocenters. The van der Waals surface area contributed by atoms with Crippen molar-refractivity contribution in [1.29, 1.82) is 0 Å². The number of fused-ring (bicyclic) bond motifs is 1. The summed E-state index contributed by atoms with van der Waals surface area (Å²) in [5.74, 6) is 0.907. The van der Waals surface area contributed by atoms with Crippen molar-refractivity contribution in [2.24, 2.45) is 0 Å². The van der Waals surface area contributed by atoms with E-state index >= 15 is 0 Å². The summed E-state index contributed by atoms with van der Waals surface area (Å²) in [6.45, 7) is 5.10. The number of rotatable bonds is 5. The van der Waals surface area contributed by atoms with Crippen LogP contribution in [0.4, 0.5) is 0 Å². The highest BCUT2D eigenvalue weighted by Crippen LogP contribution is 2.32. The molecule has 5 heteroatoms. The number of hydrogen-bond donors (Lipinski definition) is 1. The van der Waals surface area contributed by atoms with Crippen LogP contribution >= 0.6 is 22.9 Å². The van der Waals surface area contributed by atoms with E-state index in [1.807, 2.05) is 31.3 Å². The minimum Gasteiger partial charge on any atom is -0.459 e. The van der Waals surface area contributed by atoms with Gasteiger partial charge in [0.1, 0.15) is 17.4 Å². The Morgan fingerprint density at radius 3 is 2.95 bits per heavy atom. The van der Waals surface area contributed by atoms with Crippen molar-refractivity contribution in [3.8, 4) is 0 Å². The maximum Gasteiger partial charge on any atom is 0.134 e. The topological polar surface area (TPSA) is 38.1 Å². The SMILES string of the molecule is CCCNC(c1cc2cc(Cl)ccc2o1)c1cnc(C)s1. The zero-order valence-electron chi connectivity index (χ0n) is 12.0. The summed E-state index contributed by atoms with van der Waals surface area (Å²) >= 11 is 7.74. The van der Waals surface area contributed by atoms with Gasteiger partial charge in [-0.2, -0.15) is 0 Å². The van der Waals surface area contributed by atoms with Crippen molar-refractivity contribution < 1.29 is 4.42 Å². The van der Waals surface area contributed by atoms with E-state index in [0.29, 0.717) is 0 Å². The first-order chi connectivity index (χ1) is 10.2. The fourth-order valence-electron chi connectivity index (χ4n) is 2.32. The van der Waals surface area contributed by atoms with Crippen LogP contribution in [0.25, 0.3) is 11.0 Å². The Kier molecular flexibility index (Phi) is 4.29. The van der Waals surface area contributed by atoms with Crippen molar-refractivity contribution in [2.45, 2.75) is 26.3 Å². The first kappa shape index (κ1) is 14.6. The molecule has 0 saturated heterocycles. The Labute approximate surface area is 133 Å². The van der Waals surface area contributed by atoms with E-state index in [2.05, 4.69) is 23.3 Å². The molecule has 1 atom stereocenters. The maximum absolute atomic E-state index is 6.05. The minimum atomic E-state index is 0.0438. The van der Waals surface area contributed by atoms with Crippen LogP contribution in [0.15, 0.2) is 34.9 Å². The lowest BCUT2D eigenvalue weighted by molar-refractivity contribution is 0.473. The second kappa shape index (κ2) is 6.18. The van der Waals surface area contributed by atoms with Gasteiger partial charge in [0.25, 0.3) is 0 Å². The smallest absolute Gasteiger partial charge is 0.134 e. The molecular weight excluding hydrogens is 304 g/mol. The molecule has 110 valence electrons. The van der Waals surface area contributed by atoms with Crippen LogP contribution in [-0.4, -0.2) is 11.5 Å². The molecule has 0 saturated carbocycles. The van der Waals surface area contributed by atoms with Crippen LogP contribution in [0.1, 0.15) is 35.0 Å². The molecule has 0 amide bonds. The third-order valence-electron chi connectivity index (χ3n) is 3.30. The van der Waals surface area contributed by atoms with E-state index in [1.54, 1.807) is 11.3 Å². The lowest BCUT2D eigenvalue weighted by Crippen LogP contribution is -2.21. The van der Waals surface area contributed by atoms with Crippen molar-refractivity contribution in [3.05, 3.63) is 51.1 Å². The molecule has 0 spiro atoms. The van der Waals surface area contributed by atoms with Crippen molar-refractivity contribution in [1.82, 2.24) is 10.3 Å². The lowest BCUT2D eigenvalue weighted by Gasteiger charge is -2.13. The summed E-state index contributed by atoms with van der Waals surface area (Å²) < 4.78 is 6.00. The Hall–Kier alpha value is -1.36. The summed E-state index contributed by atoms with van der Waals surface area (Å²) in [6.07, 6.45) is 2.99. The first-order valence-corrected chi connectivity index (χ1v) is 8.21. The molecule has 2 heterocycles. The molecule has 0 aliphatic rings. The summed E-state index contributed by atoms with van der Waals surface area (Å²) in [6, 6.07) is 7.79. The Morgan fingerprint density at radius 1 is 1.38 bits per heavy atom. The second-order valence-electron chi connectivity index (χ2n) is 5.00. The molecule has 2 aromatic heterocycles. The zero-order valence-corrected chi connectivity index (χ0v) is 13.6. The van der Waals surface area contributed by atoms with Crippen LogP contribution in [0.5, 0.6) is 0 Å². The van der Waals surface area contributed by atoms with Gasteiger partial charge in [-0.3, -0.25) is 0 Å². The zero-order chi connectivity index (χ0) is 14.8. The summed E-state index contributed by atoms with van der Waals surface area (Å²) in [4.78, 5) is 5.53. The van der Waals surface area contributed by atoms with E-state index in [-0.39, 0.29) is 6.04 Å². The third-order valence-corrected chi connectivity index (χ3v) is 4.52. The van der Waals surface area contributed by atoms with Crippen LogP contribution < -0.4 is 5.32 Å². The van der Waals surface area contributed by atoms with Gasteiger partial charge in [0, 0.05) is 21.5 Å². The van der Waals surface area contributed by atoms with Gasteiger partial charge in [-0.25, -0.2) is 4.98 Å². The van der Waals surface area contributed by atoms with E-state index in [1.165, 1.54) is 4.88 Å². The van der Waals surface area contributed by atoms with Gasteiger partial charge in [-0.05, 0) is 44.2 Å². The maximum atomic E-state index is 6.05. The first-order valence-electron chi connectivity index (χ1n) is 7.02. The number of thiazole rings is 1. The van der Waals surface area contributed by atoms with Gasteiger partial charge in [-0.15, -0.1) is 11.3 Å². The fraction of sp³-hybridized carbons (Fsp3) is 0.312. The average Bonchev–Trinajstić information content (AvgIpc) is 3.05. The van der Waals surface area contributed by atoms with E-state index in [9.17, 15) is 0 Å². The summed E-state index contributed by atoms with van der Waals surface area (Å²) in [7, 11) is 0. The monoisotopic (exact) mass is 320 g/mol. The Balaban J connectivity index is 2.00. The minimum absolute atomic E-state index is 0.0438. The summed E-state index contributed by atoms with van der Waals surface area (Å²) in [5.41, 5.74) is 0.860. The Bertz CT molecular complexity index is 750. The van der Waals surface area contributed by atoms with Gasteiger partial charge in [0.15, 0.2) is 0 Å². The molecule has 0 aliphatic carbocycles. The van der Waals surface area contributed by atoms with Gasteiger partial charge in [0.2, 0.25) is 0 Å². The van der Waals surface area contributed by atoms with Crippen LogP contribution in [0, 0.1) is 6.92 Å². The average molecular weight is 321 g/mol. The number of aromatic nitrogens is 1. The number of benzene rings is 1. The lowest BCUT2D eigenvalue weighted by atomic mass is 10.1. The predicted octanol–water partition coefficient (Wildman–Crippen LogP) is 4.94. The standard InChI is InChI=1S/C16H17ClN2OS/c1-3-6-18-16(15-9-19-10(2)21-15)14-8-11-7-12(17)4-5-13(11)20-14/h4-5,7-9,16,18H,3,6H2,1-2H3. The molecule has 0 fully saturated rings. The van der Waals surface area contributed by atoms with Gasteiger partial charge in [0.05, 0.1) is 5.01 Å². The molecule has 0 aliphatic heterocycles. The van der Waals surface area contributed by atoms with Crippen LogP contribution in [0.3, 0.4) is 0 Å². The van der Waals surface area contributed by atoms with Crippen molar-refractivity contribution >= 4 is 33.9 Å². The van der Waals surface area contributed by atoms with Gasteiger partial charge >= 0.3 is 0 Å². The normalized spacial score (nSPS) is 12.9. The van der Waals surface area contributed by atoms with E-state index in [0.717, 1.165) is 39.7 Å². The number of nitrogens with one attached hydrogen (secondary N) is 1. The molecule has 3 rings (SSSR count). The quantitative estimate of drug-likeness (QED) is 0.723. The van der Waals surface area contributed by atoms with E-state index in [4.69, 9.17) is 16.0 Å². The molecule has 1 N–H and O–H groups in total. The number of furan rings is 1. The van der Waals surface area contributed by atoms with Crippen molar-refractivity contribution in [2.75, 3.05) is 6.54 Å². The molecule has 3 aromatic rings. The van der Waals surface area contributed by atoms with Gasteiger partial charge in [-0.1, -0.05) is 18.5 Å². The molecule has 3 nitrogen and oxygen atoms in total. The largest absolute Gasteiger partial charge is 0.459 e. The van der Waals surface area contributed by atoms with Crippen molar-refractivity contribution in [3.63, 3.8) is 0 Å².